The summed E-state index contributed by atoms with van der Waals surface area (Å²) in [6, 6.07) is 13.0. The molecule has 2 aromatic carbocycles. The predicted octanol–water partition coefficient (Wildman–Crippen LogP) is 5.35. The van der Waals surface area contributed by atoms with Gasteiger partial charge in [0.15, 0.2) is 5.82 Å². The van der Waals surface area contributed by atoms with Crippen LogP contribution in [0.4, 0.5) is 34.5 Å². The number of rotatable bonds is 7. The van der Waals surface area contributed by atoms with Gasteiger partial charge in [0, 0.05) is 29.3 Å². The molecule has 172 valence electrons. The van der Waals surface area contributed by atoms with Crippen molar-refractivity contribution in [3.63, 3.8) is 0 Å². The van der Waals surface area contributed by atoms with Gasteiger partial charge in [-0.2, -0.15) is 4.98 Å². The van der Waals surface area contributed by atoms with E-state index in [1.807, 2.05) is 49.4 Å². The zero-order valence-corrected chi connectivity index (χ0v) is 19.3. The highest BCUT2D eigenvalue weighted by molar-refractivity contribution is 6.33. The molecule has 8 nitrogen and oxygen atoms in total. The van der Waals surface area contributed by atoms with E-state index in [1.54, 1.807) is 4.90 Å². The van der Waals surface area contributed by atoms with E-state index in [-0.39, 0.29) is 17.7 Å². The van der Waals surface area contributed by atoms with Crippen molar-refractivity contribution >= 4 is 63.5 Å². The van der Waals surface area contributed by atoms with Crippen LogP contribution in [0, 0.1) is 5.92 Å². The van der Waals surface area contributed by atoms with Crippen molar-refractivity contribution < 1.29 is 9.59 Å². The van der Waals surface area contributed by atoms with E-state index >= 15 is 0 Å². The van der Waals surface area contributed by atoms with Gasteiger partial charge in [0.2, 0.25) is 11.9 Å². The lowest BCUT2D eigenvalue weighted by Crippen LogP contribution is -2.25. The molecule has 2 aliphatic rings. The van der Waals surface area contributed by atoms with Gasteiger partial charge in [0.05, 0.1) is 23.3 Å². The molecule has 2 heterocycles. The zero-order chi connectivity index (χ0) is 23.8. The van der Waals surface area contributed by atoms with Crippen LogP contribution in [0.2, 0.25) is 5.02 Å². The second-order valence-corrected chi connectivity index (χ2v) is 8.62. The summed E-state index contributed by atoms with van der Waals surface area (Å²) in [5, 5.41) is 9.66. The average molecular weight is 475 g/mol. The highest BCUT2D eigenvalue weighted by atomic mass is 35.5. The van der Waals surface area contributed by atoms with Crippen molar-refractivity contribution in [3.05, 3.63) is 65.8 Å². The summed E-state index contributed by atoms with van der Waals surface area (Å²) in [7, 11) is 0. The van der Waals surface area contributed by atoms with Gasteiger partial charge >= 0.3 is 0 Å². The summed E-state index contributed by atoms with van der Waals surface area (Å²) in [5.41, 5.74) is 4.14. The Labute approximate surface area is 202 Å². The first kappa shape index (κ1) is 21.9. The number of hydrogen-bond acceptors (Lipinski definition) is 6. The lowest BCUT2D eigenvalue weighted by molar-refractivity contribution is -0.117. The van der Waals surface area contributed by atoms with Gasteiger partial charge in [-0.15, -0.1) is 0 Å². The number of benzene rings is 2. The highest BCUT2D eigenvalue weighted by Crippen LogP contribution is 2.38. The Kier molecular flexibility index (Phi) is 5.67. The molecule has 34 heavy (non-hydrogen) atoms. The Balaban J connectivity index is 1.37. The molecule has 3 N–H and O–H groups in total. The molecule has 1 aliphatic carbocycles. The van der Waals surface area contributed by atoms with Crippen LogP contribution in [-0.4, -0.2) is 28.3 Å². The number of likely N-dealkylation sites (N-methyl/N-ethyl adjacent to an activating group) is 1. The Morgan fingerprint density at radius 1 is 1.18 bits per heavy atom. The normalized spacial score (nSPS) is 14.7. The zero-order valence-electron chi connectivity index (χ0n) is 18.6. The fourth-order valence-corrected chi connectivity index (χ4v) is 3.98. The quantitative estimate of drug-likeness (QED) is 0.399. The van der Waals surface area contributed by atoms with Gasteiger partial charge in [-0.3, -0.25) is 9.59 Å². The standard InChI is InChI=1S/C25H23ClN6O2/c1-3-32-21-11-10-16(12-17(21)14(2)24(32)34)28-25-27-13-18(26)22(31-25)29-19-6-4-5-7-20(19)30-23(33)15-8-9-15/h4-7,10-13,15H,2-3,8-9H2,1H3,(H,30,33)(H2,27,28,29,31). The topological polar surface area (TPSA) is 99.3 Å². The van der Waals surface area contributed by atoms with Gasteiger partial charge in [-0.25, -0.2) is 4.98 Å². The van der Waals surface area contributed by atoms with Crippen LogP contribution in [0.3, 0.4) is 0 Å². The minimum absolute atomic E-state index is 0.0173. The van der Waals surface area contributed by atoms with Crippen molar-refractivity contribution in [3.8, 4) is 0 Å². The molecular weight excluding hydrogens is 452 g/mol. The van der Waals surface area contributed by atoms with Crippen LogP contribution in [0.25, 0.3) is 5.57 Å². The first-order valence-electron chi connectivity index (χ1n) is 11.1. The molecule has 3 aromatic rings. The lowest BCUT2D eigenvalue weighted by atomic mass is 10.1. The Hall–Kier alpha value is -3.91. The maximum absolute atomic E-state index is 12.4. The van der Waals surface area contributed by atoms with E-state index in [1.165, 1.54) is 6.20 Å². The number of aromatic nitrogens is 2. The van der Waals surface area contributed by atoms with E-state index in [9.17, 15) is 9.59 Å². The number of anilines is 6. The molecule has 9 heteroatoms. The van der Waals surface area contributed by atoms with Gasteiger partial charge in [0.1, 0.15) is 5.02 Å². The molecule has 0 radical (unpaired) electrons. The Morgan fingerprint density at radius 3 is 2.68 bits per heavy atom. The largest absolute Gasteiger partial charge is 0.337 e. The number of nitrogens with one attached hydrogen (secondary N) is 3. The third-order valence-electron chi connectivity index (χ3n) is 5.82. The molecule has 1 aromatic heterocycles. The first-order chi connectivity index (χ1) is 16.4. The van der Waals surface area contributed by atoms with E-state index in [2.05, 4.69) is 32.5 Å². The molecular formula is C25H23ClN6O2. The van der Waals surface area contributed by atoms with Crippen molar-refractivity contribution in [2.45, 2.75) is 19.8 Å². The Bertz CT molecular complexity index is 1320. The molecule has 1 aliphatic heterocycles. The maximum Gasteiger partial charge on any atom is 0.258 e. The van der Waals surface area contributed by atoms with Crippen LogP contribution in [-0.2, 0) is 9.59 Å². The number of amides is 2. The van der Waals surface area contributed by atoms with Crippen molar-refractivity contribution in [1.82, 2.24) is 9.97 Å². The molecule has 5 rings (SSSR count). The molecule has 1 saturated carbocycles. The second-order valence-electron chi connectivity index (χ2n) is 8.21. The van der Waals surface area contributed by atoms with E-state index in [0.717, 1.165) is 29.8 Å². The van der Waals surface area contributed by atoms with E-state index in [4.69, 9.17) is 11.6 Å². The number of halogens is 1. The van der Waals surface area contributed by atoms with Crippen molar-refractivity contribution in [2.75, 3.05) is 27.4 Å². The van der Waals surface area contributed by atoms with Gasteiger partial charge in [0.25, 0.3) is 5.91 Å². The number of para-hydroxylation sites is 2. The number of nitrogens with zero attached hydrogens (tertiary/aromatic N) is 3. The van der Waals surface area contributed by atoms with Crippen LogP contribution < -0.4 is 20.9 Å². The maximum atomic E-state index is 12.4. The molecule has 1 fully saturated rings. The summed E-state index contributed by atoms with van der Waals surface area (Å²) in [4.78, 5) is 35.1. The molecule has 0 saturated heterocycles. The average Bonchev–Trinajstić information content (AvgIpc) is 3.65. The summed E-state index contributed by atoms with van der Waals surface area (Å²) in [6.07, 6.45) is 3.35. The van der Waals surface area contributed by atoms with Crippen molar-refractivity contribution in [1.29, 1.82) is 0 Å². The molecule has 0 unspecified atom stereocenters. The lowest BCUT2D eigenvalue weighted by Gasteiger charge is -2.15. The highest BCUT2D eigenvalue weighted by Gasteiger charge is 2.31. The number of hydrogen-bond donors (Lipinski definition) is 3. The number of fused-ring (bicyclic) bond motifs is 1. The number of carbonyl (C=O) groups is 2. The predicted molar refractivity (Wildman–Crippen MR) is 135 cm³/mol. The summed E-state index contributed by atoms with van der Waals surface area (Å²) in [6.45, 7) is 6.44. The fraction of sp³-hybridized carbons (Fsp3) is 0.200. The van der Waals surface area contributed by atoms with E-state index < -0.39 is 0 Å². The fourth-order valence-electron chi connectivity index (χ4n) is 3.85. The molecule has 0 spiro atoms. The summed E-state index contributed by atoms with van der Waals surface area (Å²) >= 11 is 6.35. The third kappa shape index (κ3) is 4.20. The van der Waals surface area contributed by atoms with E-state index in [0.29, 0.717) is 40.3 Å². The van der Waals surface area contributed by atoms with Crippen molar-refractivity contribution in [2.24, 2.45) is 5.92 Å². The van der Waals surface area contributed by atoms with Crippen LogP contribution in [0.1, 0.15) is 25.3 Å². The summed E-state index contributed by atoms with van der Waals surface area (Å²) < 4.78 is 0. The molecule has 0 bridgehead atoms. The Morgan fingerprint density at radius 2 is 1.94 bits per heavy atom. The monoisotopic (exact) mass is 474 g/mol. The first-order valence-corrected chi connectivity index (χ1v) is 11.4. The minimum atomic E-state index is -0.0867. The molecule has 2 amide bonds. The summed E-state index contributed by atoms with van der Waals surface area (Å²) in [5.74, 6) is 0.744. The van der Waals surface area contributed by atoms with Crippen LogP contribution >= 0.6 is 11.6 Å². The smallest absolute Gasteiger partial charge is 0.258 e. The van der Waals surface area contributed by atoms with Crippen LogP contribution in [0.15, 0.2) is 55.2 Å². The molecule has 0 atom stereocenters. The van der Waals surface area contributed by atoms with Gasteiger partial charge < -0.3 is 20.9 Å². The second kappa shape index (κ2) is 8.79. The number of carbonyl (C=O) groups excluding carboxylic acids is 2. The minimum Gasteiger partial charge on any atom is -0.337 e. The third-order valence-corrected chi connectivity index (χ3v) is 6.09. The SMILES string of the molecule is C=C1C(=O)N(CC)c2ccc(Nc3ncc(Cl)c(Nc4ccccc4NC(=O)C4CC4)n3)cc21. The van der Waals surface area contributed by atoms with Gasteiger partial charge in [-0.1, -0.05) is 30.3 Å². The van der Waals surface area contributed by atoms with Gasteiger partial charge in [-0.05, 0) is 50.1 Å². The van der Waals surface area contributed by atoms with Crippen LogP contribution in [0.5, 0.6) is 0 Å².